The molecule has 20 heavy (non-hydrogen) atoms. The number of alkyl halides is 1. The molecule has 0 aromatic carbocycles. The summed E-state index contributed by atoms with van der Waals surface area (Å²) in [5.74, 6) is -0.646. The molecule has 114 valence electrons. The summed E-state index contributed by atoms with van der Waals surface area (Å²) >= 11 is 3.74. The molecular formula is C15H23BrO4. The minimum absolute atomic E-state index is 0.0773. The van der Waals surface area contributed by atoms with E-state index in [2.05, 4.69) is 43.6 Å². The Hall–Kier alpha value is 0.320. The van der Waals surface area contributed by atoms with Crippen molar-refractivity contribution in [2.75, 3.05) is 0 Å². The number of rotatable bonds is 0. The van der Waals surface area contributed by atoms with Crippen LogP contribution < -0.4 is 0 Å². The number of halogens is 1. The molecule has 3 aliphatic heterocycles. The molecule has 0 radical (unpaired) electrons. The predicted molar refractivity (Wildman–Crippen MR) is 76.7 cm³/mol. The van der Waals surface area contributed by atoms with E-state index >= 15 is 0 Å². The Balaban J connectivity index is 1.85. The van der Waals surface area contributed by atoms with Crippen LogP contribution >= 0.6 is 15.9 Å². The van der Waals surface area contributed by atoms with Gasteiger partial charge in [0.05, 0.1) is 23.4 Å². The molecule has 1 N–H and O–H groups in total. The van der Waals surface area contributed by atoms with Crippen molar-refractivity contribution in [2.24, 2.45) is 5.92 Å². The van der Waals surface area contributed by atoms with Crippen LogP contribution in [0.25, 0.3) is 0 Å². The summed E-state index contributed by atoms with van der Waals surface area (Å²) in [7, 11) is 0. The molecule has 4 fully saturated rings. The first-order chi connectivity index (χ1) is 9.12. The first kappa shape index (κ1) is 13.9. The first-order valence-electron chi connectivity index (χ1n) is 7.52. The number of fused-ring (bicyclic) bond motifs is 2. The smallest absolute Gasteiger partial charge is 0.199 e. The maximum atomic E-state index is 10.6. The van der Waals surface area contributed by atoms with E-state index in [0.29, 0.717) is 6.42 Å². The number of hydrogen-bond acceptors (Lipinski definition) is 4. The minimum atomic E-state index is -0.726. The van der Waals surface area contributed by atoms with Crippen LogP contribution in [0.4, 0.5) is 0 Å². The van der Waals surface area contributed by atoms with Crippen LogP contribution in [0, 0.1) is 5.92 Å². The molecule has 1 spiro atoms. The van der Waals surface area contributed by atoms with Crippen LogP contribution in [0.1, 0.15) is 47.0 Å². The van der Waals surface area contributed by atoms with Crippen molar-refractivity contribution in [3.05, 3.63) is 0 Å². The summed E-state index contributed by atoms with van der Waals surface area (Å²) in [5.41, 5.74) is -1.28. The quantitative estimate of drug-likeness (QED) is 0.684. The SMILES string of the molecule is CC1(C)O[C@]2(C)C3CC4OC2(C[C@H]1Br)O[C@@]4(C)C[C@@H]3O. The molecule has 0 aromatic heterocycles. The van der Waals surface area contributed by atoms with Gasteiger partial charge in [-0.3, -0.25) is 0 Å². The van der Waals surface area contributed by atoms with Crippen LogP contribution in [-0.4, -0.2) is 44.7 Å². The molecule has 4 nitrogen and oxygen atoms in total. The van der Waals surface area contributed by atoms with Gasteiger partial charge in [-0.15, -0.1) is 0 Å². The van der Waals surface area contributed by atoms with Crippen LogP contribution in [0.3, 0.4) is 0 Å². The van der Waals surface area contributed by atoms with E-state index in [-0.39, 0.29) is 34.2 Å². The first-order valence-corrected chi connectivity index (χ1v) is 8.44. The number of ether oxygens (including phenoxy) is 3. The molecular weight excluding hydrogens is 324 g/mol. The van der Waals surface area contributed by atoms with Gasteiger partial charge in [-0.2, -0.15) is 0 Å². The van der Waals surface area contributed by atoms with E-state index < -0.39 is 11.4 Å². The van der Waals surface area contributed by atoms with Crippen molar-refractivity contribution in [3.8, 4) is 0 Å². The average Bonchev–Trinajstić information content (AvgIpc) is 2.51. The fourth-order valence-electron chi connectivity index (χ4n) is 4.87. The molecule has 4 rings (SSSR count). The third-order valence-electron chi connectivity index (χ3n) is 6.10. The molecule has 4 aliphatic rings. The Labute approximate surface area is 128 Å². The van der Waals surface area contributed by atoms with E-state index in [0.717, 1.165) is 12.8 Å². The van der Waals surface area contributed by atoms with Gasteiger partial charge in [0.25, 0.3) is 0 Å². The highest BCUT2D eigenvalue weighted by Crippen LogP contribution is 2.65. The summed E-state index contributed by atoms with van der Waals surface area (Å²) in [5, 5.41) is 10.6. The van der Waals surface area contributed by atoms with Crippen LogP contribution in [0.2, 0.25) is 0 Å². The fraction of sp³-hybridized carbons (Fsp3) is 1.00. The minimum Gasteiger partial charge on any atom is -0.393 e. The average molecular weight is 347 g/mol. The van der Waals surface area contributed by atoms with Gasteiger partial charge >= 0.3 is 0 Å². The van der Waals surface area contributed by atoms with Crippen molar-refractivity contribution in [3.63, 3.8) is 0 Å². The van der Waals surface area contributed by atoms with Crippen molar-refractivity contribution in [2.45, 2.75) is 86.6 Å². The van der Waals surface area contributed by atoms with E-state index in [1.54, 1.807) is 0 Å². The molecule has 1 saturated carbocycles. The van der Waals surface area contributed by atoms with E-state index in [1.165, 1.54) is 0 Å². The Morgan fingerprint density at radius 1 is 1.10 bits per heavy atom. The molecule has 3 heterocycles. The van der Waals surface area contributed by atoms with Gasteiger partial charge in [0.1, 0.15) is 5.60 Å². The van der Waals surface area contributed by atoms with Gasteiger partial charge < -0.3 is 19.3 Å². The van der Waals surface area contributed by atoms with Gasteiger partial charge in [0.15, 0.2) is 5.79 Å². The van der Waals surface area contributed by atoms with Crippen molar-refractivity contribution >= 4 is 15.9 Å². The second kappa shape index (κ2) is 3.62. The number of aliphatic hydroxyl groups excluding tert-OH is 1. The lowest BCUT2D eigenvalue weighted by Crippen LogP contribution is -2.71. The zero-order valence-electron chi connectivity index (χ0n) is 12.5. The van der Waals surface area contributed by atoms with Gasteiger partial charge in [-0.25, -0.2) is 0 Å². The highest BCUT2D eigenvalue weighted by Gasteiger charge is 2.76. The molecule has 5 heteroatoms. The lowest BCUT2D eigenvalue weighted by atomic mass is 9.64. The molecule has 0 amide bonds. The lowest BCUT2D eigenvalue weighted by molar-refractivity contribution is -0.372. The second-order valence-corrected chi connectivity index (χ2v) is 8.98. The molecule has 3 bridgehead atoms. The van der Waals surface area contributed by atoms with Gasteiger partial charge in [-0.05, 0) is 34.1 Å². The Bertz CT molecular complexity index is 469. The van der Waals surface area contributed by atoms with Crippen LogP contribution in [0.15, 0.2) is 0 Å². The second-order valence-electron chi connectivity index (χ2n) is 7.87. The molecule has 1 aliphatic carbocycles. The monoisotopic (exact) mass is 346 g/mol. The van der Waals surface area contributed by atoms with Gasteiger partial charge in [0, 0.05) is 23.6 Å². The van der Waals surface area contributed by atoms with Gasteiger partial charge in [0.2, 0.25) is 0 Å². The maximum Gasteiger partial charge on any atom is 0.199 e. The number of aliphatic hydroxyl groups is 1. The topological polar surface area (TPSA) is 47.9 Å². The maximum absolute atomic E-state index is 10.6. The molecule has 3 saturated heterocycles. The largest absolute Gasteiger partial charge is 0.393 e. The van der Waals surface area contributed by atoms with E-state index in [9.17, 15) is 5.11 Å². The molecule has 3 unspecified atom stereocenters. The zero-order chi connectivity index (χ0) is 14.6. The van der Waals surface area contributed by atoms with Crippen molar-refractivity contribution in [1.82, 2.24) is 0 Å². The van der Waals surface area contributed by atoms with Crippen LogP contribution in [-0.2, 0) is 14.2 Å². The highest BCUT2D eigenvalue weighted by molar-refractivity contribution is 9.09. The lowest BCUT2D eigenvalue weighted by Gasteiger charge is -2.60. The van der Waals surface area contributed by atoms with Crippen molar-refractivity contribution in [1.29, 1.82) is 0 Å². The summed E-state index contributed by atoms with van der Waals surface area (Å²) in [6, 6.07) is 0. The third kappa shape index (κ3) is 1.42. The summed E-state index contributed by atoms with van der Waals surface area (Å²) in [6.45, 7) is 8.31. The Morgan fingerprint density at radius 2 is 1.80 bits per heavy atom. The normalized spacial score (nSPS) is 63.3. The number of hydrogen-bond donors (Lipinski definition) is 1. The van der Waals surface area contributed by atoms with E-state index in [1.807, 2.05) is 0 Å². The fourth-order valence-corrected chi connectivity index (χ4v) is 5.39. The molecule has 0 aromatic rings. The summed E-state index contributed by atoms with van der Waals surface area (Å²) < 4.78 is 19.3. The van der Waals surface area contributed by atoms with Crippen molar-refractivity contribution < 1.29 is 19.3 Å². The van der Waals surface area contributed by atoms with Crippen LogP contribution in [0.5, 0.6) is 0 Å². The highest BCUT2D eigenvalue weighted by atomic mass is 79.9. The van der Waals surface area contributed by atoms with E-state index in [4.69, 9.17) is 14.2 Å². The summed E-state index contributed by atoms with van der Waals surface area (Å²) in [4.78, 5) is 0.167. The Morgan fingerprint density at radius 3 is 2.50 bits per heavy atom. The Kier molecular flexibility index (Phi) is 2.52. The summed E-state index contributed by atoms with van der Waals surface area (Å²) in [6.07, 6.45) is 1.91. The zero-order valence-corrected chi connectivity index (χ0v) is 14.1. The van der Waals surface area contributed by atoms with Gasteiger partial charge in [-0.1, -0.05) is 15.9 Å². The molecule has 7 atom stereocenters. The standard InChI is InChI=1S/C15H23BrO4/c1-12(2)10(16)7-15-14(4,19-12)8-5-11(18-15)13(3,20-15)6-9(8)17/h8-11,17H,5-7H2,1-4H3/t8?,9-,10+,11?,13-,14+,15?/m0/s1. The third-order valence-corrected chi connectivity index (χ3v) is 7.53. The predicted octanol–water partition coefficient (Wildman–Crippen LogP) is 2.36.